The summed E-state index contributed by atoms with van der Waals surface area (Å²) in [5.74, 6) is 7.89. The highest BCUT2D eigenvalue weighted by molar-refractivity contribution is 7.99. The molecule has 4 aromatic rings. The van der Waals surface area contributed by atoms with Crippen LogP contribution in [0.2, 0.25) is 0 Å². The number of ether oxygens (including phenoxy) is 1. The summed E-state index contributed by atoms with van der Waals surface area (Å²) in [6.07, 6.45) is 0.542. The molecular formula is C24H25N5O2S. The van der Waals surface area contributed by atoms with E-state index in [0.717, 1.165) is 28.4 Å². The van der Waals surface area contributed by atoms with Crippen LogP contribution in [0.25, 0.3) is 5.69 Å². The second kappa shape index (κ2) is 9.32. The minimum atomic E-state index is 0.0324. The van der Waals surface area contributed by atoms with Crippen LogP contribution in [-0.2, 0) is 6.42 Å². The summed E-state index contributed by atoms with van der Waals surface area (Å²) in [6.45, 7) is 3.97. The van der Waals surface area contributed by atoms with Crippen LogP contribution in [0.5, 0.6) is 5.75 Å². The first-order valence-corrected chi connectivity index (χ1v) is 11.2. The molecule has 8 heteroatoms. The van der Waals surface area contributed by atoms with Crippen LogP contribution in [0.4, 0.5) is 0 Å². The molecule has 0 unspecified atom stereocenters. The average Bonchev–Trinajstić information content (AvgIpc) is 3.31. The molecule has 2 heterocycles. The molecule has 0 bridgehead atoms. The lowest BCUT2D eigenvalue weighted by atomic mass is 10.1. The maximum absolute atomic E-state index is 13.0. The van der Waals surface area contributed by atoms with E-state index < -0.39 is 0 Å². The zero-order valence-corrected chi connectivity index (χ0v) is 19.1. The average molecular weight is 448 g/mol. The number of nitrogen functional groups attached to an aromatic ring is 1. The number of nitrogens with zero attached hydrogens (tertiary/aromatic N) is 4. The van der Waals surface area contributed by atoms with Gasteiger partial charge in [0, 0.05) is 29.1 Å². The molecule has 7 nitrogen and oxygen atoms in total. The van der Waals surface area contributed by atoms with Gasteiger partial charge in [0.25, 0.3) is 0 Å². The van der Waals surface area contributed by atoms with Crippen molar-refractivity contribution in [3.63, 3.8) is 0 Å². The van der Waals surface area contributed by atoms with Crippen molar-refractivity contribution >= 4 is 17.5 Å². The van der Waals surface area contributed by atoms with Crippen LogP contribution in [0.1, 0.15) is 33.1 Å². The second-order valence-electron chi connectivity index (χ2n) is 7.46. The number of aryl methyl sites for hydroxylation is 1. The van der Waals surface area contributed by atoms with Crippen molar-refractivity contribution in [1.29, 1.82) is 0 Å². The second-order valence-corrected chi connectivity index (χ2v) is 8.40. The fraction of sp³-hybridized carbons (Fsp3) is 0.208. The van der Waals surface area contributed by atoms with Crippen molar-refractivity contribution in [2.45, 2.75) is 25.4 Å². The standard InChI is InChI=1S/C24H25N5O2S/c1-16-13-21(17(2)28(16)19-7-5-4-6-8-19)22(30)15-32-24-27-26-23(29(24)25)14-18-9-11-20(31-3)12-10-18/h4-13H,14-15,25H2,1-3H3. The number of para-hydroxylation sites is 1. The topological polar surface area (TPSA) is 88.0 Å². The van der Waals surface area contributed by atoms with E-state index in [4.69, 9.17) is 10.6 Å². The molecule has 0 saturated carbocycles. The highest BCUT2D eigenvalue weighted by Crippen LogP contribution is 2.24. The Balaban J connectivity index is 1.45. The number of ketones is 1. The first-order chi connectivity index (χ1) is 15.5. The van der Waals surface area contributed by atoms with E-state index in [0.29, 0.717) is 23.0 Å². The Morgan fingerprint density at radius 1 is 1.06 bits per heavy atom. The molecule has 0 amide bonds. The van der Waals surface area contributed by atoms with Crippen LogP contribution in [0, 0.1) is 13.8 Å². The summed E-state index contributed by atoms with van der Waals surface area (Å²) >= 11 is 1.29. The number of rotatable bonds is 8. The SMILES string of the molecule is COc1ccc(Cc2nnc(SCC(=O)c3cc(C)n(-c4ccccc4)c3C)n2N)cc1. The fourth-order valence-corrected chi connectivity index (χ4v) is 4.44. The summed E-state index contributed by atoms with van der Waals surface area (Å²) in [5.41, 5.74) is 4.74. The van der Waals surface area contributed by atoms with Gasteiger partial charge in [-0.05, 0) is 49.7 Å². The van der Waals surface area contributed by atoms with Crippen molar-refractivity contribution in [2.75, 3.05) is 18.7 Å². The van der Waals surface area contributed by atoms with Gasteiger partial charge < -0.3 is 15.1 Å². The number of aromatic nitrogens is 4. The Bertz CT molecular complexity index is 1230. The number of carbonyl (C=O) groups is 1. The molecule has 164 valence electrons. The Hall–Kier alpha value is -3.52. The highest BCUT2D eigenvalue weighted by atomic mass is 32.2. The van der Waals surface area contributed by atoms with Gasteiger partial charge in [-0.2, -0.15) is 0 Å². The number of benzene rings is 2. The largest absolute Gasteiger partial charge is 0.497 e. The van der Waals surface area contributed by atoms with Gasteiger partial charge in [-0.25, -0.2) is 4.68 Å². The Kier molecular flexibility index (Phi) is 6.32. The summed E-state index contributed by atoms with van der Waals surface area (Å²) in [5, 5.41) is 8.89. The van der Waals surface area contributed by atoms with Crippen molar-refractivity contribution in [2.24, 2.45) is 0 Å². The van der Waals surface area contributed by atoms with E-state index in [2.05, 4.69) is 14.8 Å². The third-order valence-corrected chi connectivity index (χ3v) is 6.28. The molecule has 32 heavy (non-hydrogen) atoms. The van der Waals surface area contributed by atoms with Gasteiger partial charge in [0.05, 0.1) is 12.9 Å². The molecule has 0 radical (unpaired) electrons. The van der Waals surface area contributed by atoms with Crippen LogP contribution >= 0.6 is 11.8 Å². The van der Waals surface area contributed by atoms with Crippen molar-refractivity contribution in [1.82, 2.24) is 19.4 Å². The molecule has 0 atom stereocenters. The van der Waals surface area contributed by atoms with Gasteiger partial charge in [-0.3, -0.25) is 4.79 Å². The monoisotopic (exact) mass is 447 g/mol. The molecule has 0 aliphatic rings. The zero-order chi connectivity index (χ0) is 22.7. The van der Waals surface area contributed by atoms with Crippen LogP contribution in [-0.4, -0.2) is 38.1 Å². The molecule has 2 aromatic heterocycles. The lowest BCUT2D eigenvalue weighted by molar-refractivity contribution is 0.102. The number of thioether (sulfide) groups is 1. The van der Waals surface area contributed by atoms with Gasteiger partial charge in [-0.15, -0.1) is 10.2 Å². The maximum atomic E-state index is 13.0. The van der Waals surface area contributed by atoms with Gasteiger partial charge in [0.15, 0.2) is 11.6 Å². The minimum absolute atomic E-state index is 0.0324. The summed E-state index contributed by atoms with van der Waals surface area (Å²) in [7, 11) is 1.63. The number of hydrogen-bond acceptors (Lipinski definition) is 6. The van der Waals surface area contributed by atoms with Crippen molar-refractivity contribution < 1.29 is 9.53 Å². The fourth-order valence-electron chi connectivity index (χ4n) is 3.68. The molecule has 0 fully saturated rings. The van der Waals surface area contributed by atoms with E-state index in [1.54, 1.807) is 7.11 Å². The quantitative estimate of drug-likeness (QED) is 0.250. The van der Waals surface area contributed by atoms with E-state index in [1.165, 1.54) is 16.4 Å². The van der Waals surface area contributed by atoms with Crippen LogP contribution < -0.4 is 10.6 Å². The lowest BCUT2D eigenvalue weighted by Gasteiger charge is -2.09. The molecule has 4 rings (SSSR count). The Labute approximate surface area is 191 Å². The van der Waals surface area contributed by atoms with Gasteiger partial charge >= 0.3 is 0 Å². The predicted octanol–water partition coefficient (Wildman–Crippen LogP) is 3.97. The van der Waals surface area contributed by atoms with E-state index >= 15 is 0 Å². The Morgan fingerprint density at radius 2 is 1.78 bits per heavy atom. The zero-order valence-electron chi connectivity index (χ0n) is 18.3. The summed E-state index contributed by atoms with van der Waals surface area (Å²) in [6, 6.07) is 19.7. The number of hydrogen-bond donors (Lipinski definition) is 1. The number of nitrogens with two attached hydrogens (primary N) is 1. The number of Topliss-reactive ketones (excluding diaryl/α,β-unsaturated/α-hetero) is 1. The van der Waals surface area contributed by atoms with Crippen molar-refractivity contribution in [3.05, 3.63) is 89.0 Å². The van der Waals surface area contributed by atoms with Crippen LogP contribution in [0.3, 0.4) is 0 Å². The molecule has 0 aliphatic heterocycles. The third-order valence-electron chi connectivity index (χ3n) is 5.33. The number of methoxy groups -OCH3 is 1. The van der Waals surface area contributed by atoms with Gasteiger partial charge in [0.1, 0.15) is 5.75 Å². The normalized spacial score (nSPS) is 11.0. The molecule has 0 spiro atoms. The molecular weight excluding hydrogens is 422 g/mol. The van der Waals surface area contributed by atoms with Gasteiger partial charge in [0.2, 0.25) is 5.16 Å². The molecule has 0 saturated heterocycles. The van der Waals surface area contributed by atoms with Crippen molar-refractivity contribution in [3.8, 4) is 11.4 Å². The van der Waals surface area contributed by atoms with E-state index in [-0.39, 0.29) is 11.5 Å². The smallest absolute Gasteiger partial charge is 0.210 e. The highest BCUT2D eigenvalue weighted by Gasteiger charge is 2.19. The third kappa shape index (κ3) is 4.40. The first-order valence-electron chi connectivity index (χ1n) is 10.2. The number of carbonyl (C=O) groups excluding carboxylic acids is 1. The molecule has 2 N–H and O–H groups in total. The minimum Gasteiger partial charge on any atom is -0.497 e. The Morgan fingerprint density at radius 3 is 2.47 bits per heavy atom. The summed E-state index contributed by atoms with van der Waals surface area (Å²) in [4.78, 5) is 13.0. The predicted molar refractivity (Wildman–Crippen MR) is 126 cm³/mol. The van der Waals surface area contributed by atoms with E-state index in [9.17, 15) is 4.79 Å². The lowest BCUT2D eigenvalue weighted by Crippen LogP contribution is -2.15. The summed E-state index contributed by atoms with van der Waals surface area (Å²) < 4.78 is 8.73. The molecule has 2 aromatic carbocycles. The first kappa shape index (κ1) is 21.7. The van der Waals surface area contributed by atoms with E-state index in [1.807, 2.05) is 74.5 Å². The molecule has 0 aliphatic carbocycles. The van der Waals surface area contributed by atoms with Crippen LogP contribution in [0.15, 0.2) is 65.8 Å². The van der Waals surface area contributed by atoms with Gasteiger partial charge in [-0.1, -0.05) is 42.1 Å². The maximum Gasteiger partial charge on any atom is 0.210 e.